The van der Waals surface area contributed by atoms with Gasteiger partial charge in [-0.3, -0.25) is 15.0 Å². The molecule has 9 heteroatoms. The molecular weight excluding hydrogens is 468 g/mol. The monoisotopic (exact) mass is 492 g/mol. The van der Waals surface area contributed by atoms with Gasteiger partial charge in [0.25, 0.3) is 0 Å². The van der Waals surface area contributed by atoms with E-state index < -0.39 is 0 Å². The van der Waals surface area contributed by atoms with E-state index in [0.717, 1.165) is 58.7 Å². The fourth-order valence-corrected chi connectivity index (χ4v) is 5.83. The van der Waals surface area contributed by atoms with Crippen molar-refractivity contribution in [2.75, 3.05) is 13.1 Å². The maximum Gasteiger partial charge on any atom is 0.162 e. The Hall–Kier alpha value is -3.95. The van der Waals surface area contributed by atoms with Crippen molar-refractivity contribution in [1.29, 1.82) is 0 Å². The van der Waals surface area contributed by atoms with Gasteiger partial charge in [-0.1, -0.05) is 0 Å². The van der Waals surface area contributed by atoms with Gasteiger partial charge in [-0.15, -0.1) is 11.3 Å². The molecule has 0 spiro atoms. The number of thiophene rings is 1. The number of hydrogen-bond acceptors (Lipinski definition) is 7. The van der Waals surface area contributed by atoms with Gasteiger partial charge in [0.05, 0.1) is 11.2 Å². The SMILES string of the molecule is Cc1ccc(-c2ccnc3[nH]c(-c4n[nH]c5ccc(-c6cncc(CN7CCCC7)c6)nc45)nc23)s1. The van der Waals surface area contributed by atoms with Gasteiger partial charge in [0.1, 0.15) is 11.0 Å². The number of nitrogens with zero attached hydrogens (tertiary/aromatic N) is 6. The zero-order valence-electron chi connectivity index (χ0n) is 19.8. The number of likely N-dealkylation sites (tertiary alicyclic amines) is 1. The van der Waals surface area contributed by atoms with Crippen LogP contribution in [0.25, 0.3) is 55.4 Å². The lowest BCUT2D eigenvalue weighted by Crippen LogP contribution is -2.18. The molecule has 0 radical (unpaired) electrons. The van der Waals surface area contributed by atoms with Crippen molar-refractivity contribution in [2.24, 2.45) is 0 Å². The molecule has 1 saturated heterocycles. The zero-order chi connectivity index (χ0) is 24.1. The molecule has 0 aromatic carbocycles. The quantitative estimate of drug-likeness (QED) is 0.325. The van der Waals surface area contributed by atoms with Crippen LogP contribution in [0.1, 0.15) is 23.3 Å². The van der Waals surface area contributed by atoms with Crippen molar-refractivity contribution in [3.05, 3.63) is 65.4 Å². The van der Waals surface area contributed by atoms with Gasteiger partial charge in [-0.2, -0.15) is 5.10 Å². The lowest BCUT2D eigenvalue weighted by Gasteiger charge is -2.14. The Balaban J connectivity index is 1.28. The van der Waals surface area contributed by atoms with Crippen molar-refractivity contribution in [1.82, 2.24) is 40.0 Å². The van der Waals surface area contributed by atoms with Gasteiger partial charge in [0.2, 0.25) is 0 Å². The second kappa shape index (κ2) is 8.61. The molecule has 7 rings (SSSR count). The number of fused-ring (bicyclic) bond motifs is 2. The smallest absolute Gasteiger partial charge is 0.162 e. The van der Waals surface area contributed by atoms with Crippen molar-refractivity contribution >= 4 is 33.5 Å². The largest absolute Gasteiger partial charge is 0.321 e. The van der Waals surface area contributed by atoms with E-state index in [1.54, 1.807) is 11.3 Å². The summed E-state index contributed by atoms with van der Waals surface area (Å²) in [5, 5.41) is 7.67. The number of pyridine rings is 3. The first-order chi connectivity index (χ1) is 17.7. The second-order valence-electron chi connectivity index (χ2n) is 9.28. The molecule has 36 heavy (non-hydrogen) atoms. The van der Waals surface area contributed by atoms with Gasteiger partial charge >= 0.3 is 0 Å². The highest BCUT2D eigenvalue weighted by Crippen LogP contribution is 2.34. The normalized spacial score (nSPS) is 14.4. The standard InChI is InChI=1S/C27H24N8S/c1-16-4-7-22(36-16)19-8-9-29-26-23(19)31-27(32-26)25-24-21(33-34-25)6-5-20(30-24)18-12-17(13-28-14-18)15-35-10-2-3-11-35/h4-9,12-14H,2-3,10-11,15H2,1H3,(H,33,34)(H,29,31,32). The molecule has 6 aromatic heterocycles. The highest BCUT2D eigenvalue weighted by molar-refractivity contribution is 7.15. The van der Waals surface area contributed by atoms with Crippen LogP contribution in [-0.2, 0) is 6.54 Å². The van der Waals surface area contributed by atoms with E-state index in [1.165, 1.54) is 28.2 Å². The summed E-state index contributed by atoms with van der Waals surface area (Å²) in [6.07, 6.45) is 8.20. The Morgan fingerprint density at radius 1 is 1.00 bits per heavy atom. The Morgan fingerprint density at radius 2 is 1.92 bits per heavy atom. The maximum atomic E-state index is 4.98. The van der Waals surface area contributed by atoms with E-state index in [9.17, 15) is 0 Å². The number of imidazole rings is 1. The molecule has 178 valence electrons. The van der Waals surface area contributed by atoms with Gasteiger partial charge in [-0.05, 0) is 74.8 Å². The Kier molecular flexibility index (Phi) is 5.11. The van der Waals surface area contributed by atoms with Crippen LogP contribution in [0, 0.1) is 6.92 Å². The topological polar surface area (TPSA) is 99.3 Å². The number of aromatic amines is 2. The fourth-order valence-electron chi connectivity index (χ4n) is 4.94. The number of nitrogens with one attached hydrogen (secondary N) is 2. The summed E-state index contributed by atoms with van der Waals surface area (Å²) in [5.74, 6) is 0.648. The van der Waals surface area contributed by atoms with Crippen LogP contribution in [0.4, 0.5) is 0 Å². The van der Waals surface area contributed by atoms with Gasteiger partial charge in [0.15, 0.2) is 17.2 Å². The molecule has 0 atom stereocenters. The molecule has 1 aliphatic heterocycles. The summed E-state index contributed by atoms with van der Waals surface area (Å²) in [4.78, 5) is 27.2. The average Bonchev–Trinajstić information content (AvgIpc) is 3.70. The molecule has 0 aliphatic carbocycles. The molecule has 0 amide bonds. The number of H-pyrrole nitrogens is 2. The molecule has 7 heterocycles. The molecule has 0 unspecified atom stereocenters. The molecule has 8 nitrogen and oxygen atoms in total. The first-order valence-corrected chi connectivity index (χ1v) is 13.0. The van der Waals surface area contributed by atoms with Crippen LogP contribution in [0.5, 0.6) is 0 Å². The van der Waals surface area contributed by atoms with E-state index in [1.807, 2.05) is 36.8 Å². The van der Waals surface area contributed by atoms with Crippen LogP contribution < -0.4 is 0 Å². The highest BCUT2D eigenvalue weighted by atomic mass is 32.1. The number of hydrogen-bond donors (Lipinski definition) is 2. The van der Waals surface area contributed by atoms with Crippen LogP contribution in [0.15, 0.2) is 55.0 Å². The number of rotatable bonds is 5. The predicted molar refractivity (Wildman–Crippen MR) is 143 cm³/mol. The summed E-state index contributed by atoms with van der Waals surface area (Å²) in [7, 11) is 0. The first-order valence-electron chi connectivity index (χ1n) is 12.1. The van der Waals surface area contributed by atoms with E-state index >= 15 is 0 Å². The van der Waals surface area contributed by atoms with E-state index in [0.29, 0.717) is 11.5 Å². The molecule has 6 aromatic rings. The second-order valence-corrected chi connectivity index (χ2v) is 10.6. The Morgan fingerprint density at radius 3 is 2.78 bits per heavy atom. The van der Waals surface area contributed by atoms with Gasteiger partial charge in [0, 0.05) is 46.0 Å². The predicted octanol–water partition coefficient (Wildman–Crippen LogP) is 5.59. The van der Waals surface area contributed by atoms with Crippen LogP contribution in [-0.4, -0.2) is 53.1 Å². The molecule has 0 bridgehead atoms. The molecule has 0 saturated carbocycles. The van der Waals surface area contributed by atoms with Crippen molar-refractivity contribution in [3.63, 3.8) is 0 Å². The van der Waals surface area contributed by atoms with Gasteiger partial charge in [-0.25, -0.2) is 15.0 Å². The third-order valence-corrected chi connectivity index (χ3v) is 7.75. The van der Waals surface area contributed by atoms with Crippen molar-refractivity contribution < 1.29 is 0 Å². The molecule has 1 fully saturated rings. The van der Waals surface area contributed by atoms with Crippen molar-refractivity contribution in [2.45, 2.75) is 26.3 Å². The highest BCUT2D eigenvalue weighted by Gasteiger charge is 2.18. The fraction of sp³-hybridized carbons (Fsp3) is 0.222. The van der Waals surface area contributed by atoms with Crippen LogP contribution >= 0.6 is 11.3 Å². The van der Waals surface area contributed by atoms with Gasteiger partial charge < -0.3 is 4.98 Å². The Bertz CT molecular complexity index is 1710. The van der Waals surface area contributed by atoms with Crippen LogP contribution in [0.2, 0.25) is 0 Å². The first kappa shape index (κ1) is 21.3. The average molecular weight is 493 g/mol. The summed E-state index contributed by atoms with van der Waals surface area (Å²) in [5.41, 5.74) is 8.02. The minimum Gasteiger partial charge on any atom is -0.321 e. The van der Waals surface area contributed by atoms with E-state index in [4.69, 9.17) is 9.97 Å². The summed E-state index contributed by atoms with van der Waals surface area (Å²) < 4.78 is 0. The maximum absolute atomic E-state index is 4.98. The Labute approximate surface area is 211 Å². The molecular formula is C27H24N8S. The number of aromatic nitrogens is 7. The lowest BCUT2D eigenvalue weighted by atomic mass is 10.1. The third kappa shape index (κ3) is 3.77. The summed E-state index contributed by atoms with van der Waals surface area (Å²) in [6.45, 7) is 5.36. The number of aryl methyl sites for hydroxylation is 1. The minimum atomic E-state index is 0.648. The summed E-state index contributed by atoms with van der Waals surface area (Å²) >= 11 is 1.75. The summed E-state index contributed by atoms with van der Waals surface area (Å²) in [6, 6.07) is 12.5. The van der Waals surface area contributed by atoms with Crippen LogP contribution in [0.3, 0.4) is 0 Å². The zero-order valence-corrected chi connectivity index (χ0v) is 20.6. The lowest BCUT2D eigenvalue weighted by molar-refractivity contribution is 0.331. The molecule has 1 aliphatic rings. The molecule has 2 N–H and O–H groups in total. The van der Waals surface area contributed by atoms with E-state index in [2.05, 4.69) is 55.2 Å². The van der Waals surface area contributed by atoms with Crippen molar-refractivity contribution in [3.8, 4) is 33.2 Å². The van der Waals surface area contributed by atoms with E-state index in [-0.39, 0.29) is 0 Å². The minimum absolute atomic E-state index is 0.648. The third-order valence-electron chi connectivity index (χ3n) is 6.72.